The van der Waals surface area contributed by atoms with E-state index in [0.29, 0.717) is 0 Å². The third-order valence-electron chi connectivity index (χ3n) is 3.66. The summed E-state index contributed by atoms with van der Waals surface area (Å²) in [7, 11) is 0. The van der Waals surface area contributed by atoms with Crippen molar-refractivity contribution in [2.45, 2.75) is 59.1 Å². The summed E-state index contributed by atoms with van der Waals surface area (Å²) >= 11 is 0. The number of ether oxygens (including phenoxy) is 1. The summed E-state index contributed by atoms with van der Waals surface area (Å²) in [6.07, 6.45) is 1.69. The topological polar surface area (TPSA) is 55.6 Å². The van der Waals surface area contributed by atoms with Gasteiger partial charge in [-0.15, -0.1) is 0 Å². The van der Waals surface area contributed by atoms with Crippen molar-refractivity contribution in [2.75, 3.05) is 13.1 Å². The van der Waals surface area contributed by atoms with E-state index < -0.39 is 5.60 Å². The van der Waals surface area contributed by atoms with Crippen molar-refractivity contribution in [1.82, 2.24) is 4.90 Å². The lowest BCUT2D eigenvalue weighted by Gasteiger charge is -2.42. The van der Waals surface area contributed by atoms with E-state index >= 15 is 0 Å². The summed E-state index contributed by atoms with van der Waals surface area (Å²) in [4.78, 5) is 13.7. The van der Waals surface area contributed by atoms with Crippen LogP contribution in [0.1, 0.15) is 47.5 Å². The van der Waals surface area contributed by atoms with Gasteiger partial charge in [0, 0.05) is 19.1 Å². The average molecular weight is 242 g/mol. The number of nitrogens with zero attached hydrogens (tertiary/aromatic N) is 1. The summed E-state index contributed by atoms with van der Waals surface area (Å²) in [5.74, 6) is 0. The average Bonchev–Trinajstić information content (AvgIpc) is 2.15. The first-order chi connectivity index (χ1) is 7.64. The number of nitrogens with two attached hydrogens (primary N) is 1. The van der Waals surface area contributed by atoms with Gasteiger partial charge < -0.3 is 15.4 Å². The predicted octanol–water partition coefficient (Wildman–Crippen LogP) is 2.37. The molecule has 0 saturated carbocycles. The zero-order chi connectivity index (χ0) is 13.3. The molecule has 1 amide bonds. The van der Waals surface area contributed by atoms with Gasteiger partial charge in [0.05, 0.1) is 0 Å². The minimum Gasteiger partial charge on any atom is -0.444 e. The van der Waals surface area contributed by atoms with Gasteiger partial charge in [0.15, 0.2) is 0 Å². The summed E-state index contributed by atoms with van der Waals surface area (Å²) < 4.78 is 5.36. The van der Waals surface area contributed by atoms with Crippen molar-refractivity contribution in [3.05, 3.63) is 0 Å². The van der Waals surface area contributed by atoms with Gasteiger partial charge >= 0.3 is 6.09 Å². The molecular formula is C13H26N2O2. The molecule has 0 aromatic heterocycles. The van der Waals surface area contributed by atoms with Crippen LogP contribution in [0.15, 0.2) is 0 Å². The van der Waals surface area contributed by atoms with Crippen molar-refractivity contribution in [3.8, 4) is 0 Å². The summed E-state index contributed by atoms with van der Waals surface area (Å²) in [6.45, 7) is 11.4. The van der Waals surface area contributed by atoms with E-state index in [9.17, 15) is 4.79 Å². The molecule has 1 rings (SSSR count). The number of rotatable bonds is 1. The molecule has 1 saturated heterocycles. The van der Waals surface area contributed by atoms with E-state index in [-0.39, 0.29) is 17.6 Å². The molecule has 4 nitrogen and oxygen atoms in total. The third-order valence-corrected chi connectivity index (χ3v) is 3.66. The van der Waals surface area contributed by atoms with Crippen molar-refractivity contribution in [2.24, 2.45) is 11.1 Å². The molecule has 4 heteroatoms. The molecule has 0 unspecified atom stereocenters. The molecule has 1 aliphatic heterocycles. The van der Waals surface area contributed by atoms with Crippen LogP contribution in [0.25, 0.3) is 0 Å². The van der Waals surface area contributed by atoms with Gasteiger partial charge in [-0.2, -0.15) is 0 Å². The van der Waals surface area contributed by atoms with Crippen LogP contribution < -0.4 is 5.73 Å². The molecule has 0 aromatic rings. The van der Waals surface area contributed by atoms with Gasteiger partial charge in [0.25, 0.3) is 0 Å². The van der Waals surface area contributed by atoms with Crippen molar-refractivity contribution in [1.29, 1.82) is 0 Å². The van der Waals surface area contributed by atoms with E-state index in [1.165, 1.54) is 0 Å². The molecular weight excluding hydrogens is 216 g/mol. The third kappa shape index (κ3) is 3.87. The fourth-order valence-corrected chi connectivity index (χ4v) is 1.98. The second-order valence-electron chi connectivity index (χ2n) is 6.41. The molecule has 1 heterocycles. The van der Waals surface area contributed by atoms with E-state index in [2.05, 4.69) is 6.92 Å². The Morgan fingerprint density at radius 2 is 1.82 bits per heavy atom. The van der Waals surface area contributed by atoms with E-state index in [1.807, 2.05) is 27.7 Å². The molecule has 2 N–H and O–H groups in total. The Balaban J connectivity index is 2.50. The zero-order valence-electron chi connectivity index (χ0n) is 11.7. The maximum absolute atomic E-state index is 11.9. The number of likely N-dealkylation sites (tertiary alicyclic amines) is 1. The number of hydrogen-bond donors (Lipinski definition) is 1. The number of piperidine rings is 1. The first-order valence-corrected chi connectivity index (χ1v) is 6.37. The lowest BCUT2D eigenvalue weighted by molar-refractivity contribution is 0.00968. The molecule has 1 fully saturated rings. The van der Waals surface area contributed by atoms with Crippen LogP contribution in [0.2, 0.25) is 0 Å². The Morgan fingerprint density at radius 1 is 1.35 bits per heavy atom. The number of carbonyl (C=O) groups excluding carboxylic acids is 1. The highest BCUT2D eigenvalue weighted by Crippen LogP contribution is 2.33. The lowest BCUT2D eigenvalue weighted by Crippen LogP contribution is -2.49. The van der Waals surface area contributed by atoms with Crippen LogP contribution in [0.5, 0.6) is 0 Å². The monoisotopic (exact) mass is 242 g/mol. The van der Waals surface area contributed by atoms with E-state index in [0.717, 1.165) is 25.9 Å². The fraction of sp³-hybridized carbons (Fsp3) is 0.923. The fourth-order valence-electron chi connectivity index (χ4n) is 1.98. The molecule has 0 radical (unpaired) electrons. The number of hydrogen-bond acceptors (Lipinski definition) is 3. The molecule has 0 aliphatic carbocycles. The second kappa shape index (κ2) is 4.84. The highest BCUT2D eigenvalue weighted by molar-refractivity contribution is 5.68. The van der Waals surface area contributed by atoms with Gasteiger partial charge in [-0.05, 0) is 46.0 Å². The van der Waals surface area contributed by atoms with Crippen LogP contribution in [-0.2, 0) is 4.74 Å². The van der Waals surface area contributed by atoms with Gasteiger partial charge in [-0.1, -0.05) is 6.92 Å². The largest absolute Gasteiger partial charge is 0.444 e. The molecule has 100 valence electrons. The maximum Gasteiger partial charge on any atom is 0.410 e. The summed E-state index contributed by atoms with van der Waals surface area (Å²) in [6, 6.07) is 0.170. The van der Waals surface area contributed by atoms with Crippen LogP contribution in [0.4, 0.5) is 4.79 Å². The second-order valence-corrected chi connectivity index (χ2v) is 6.41. The molecule has 0 aromatic carbocycles. The smallest absolute Gasteiger partial charge is 0.410 e. The Bertz CT molecular complexity index is 274. The molecule has 0 bridgehead atoms. The SMILES string of the molecule is C[C@@H](N)C1(C)CCN(C(=O)OC(C)(C)C)CC1. The Hall–Kier alpha value is -0.770. The maximum atomic E-state index is 11.9. The quantitative estimate of drug-likeness (QED) is 0.768. The van der Waals surface area contributed by atoms with Crippen LogP contribution in [0, 0.1) is 5.41 Å². The van der Waals surface area contributed by atoms with Gasteiger partial charge in [0.2, 0.25) is 0 Å². The highest BCUT2D eigenvalue weighted by atomic mass is 16.6. The summed E-state index contributed by atoms with van der Waals surface area (Å²) in [5.41, 5.74) is 5.72. The minimum atomic E-state index is -0.418. The van der Waals surface area contributed by atoms with Crippen LogP contribution in [-0.4, -0.2) is 35.7 Å². The highest BCUT2D eigenvalue weighted by Gasteiger charge is 2.35. The van der Waals surface area contributed by atoms with Crippen molar-refractivity contribution >= 4 is 6.09 Å². The molecule has 1 atom stereocenters. The first kappa shape index (κ1) is 14.3. The van der Waals surface area contributed by atoms with Crippen LogP contribution in [0.3, 0.4) is 0 Å². The van der Waals surface area contributed by atoms with E-state index in [4.69, 9.17) is 10.5 Å². The van der Waals surface area contributed by atoms with E-state index in [1.54, 1.807) is 4.90 Å². The molecule has 17 heavy (non-hydrogen) atoms. The zero-order valence-corrected chi connectivity index (χ0v) is 11.7. The van der Waals surface area contributed by atoms with Crippen molar-refractivity contribution < 1.29 is 9.53 Å². The van der Waals surface area contributed by atoms with Crippen molar-refractivity contribution in [3.63, 3.8) is 0 Å². The standard InChI is InChI=1S/C13H26N2O2/c1-10(14)13(5)6-8-15(9-7-13)11(16)17-12(2,3)4/h10H,6-9,14H2,1-5H3/t10-/m1/s1. The Kier molecular flexibility index (Phi) is 4.07. The first-order valence-electron chi connectivity index (χ1n) is 6.37. The molecule has 1 aliphatic rings. The number of carbonyl (C=O) groups is 1. The Morgan fingerprint density at radius 3 is 2.18 bits per heavy atom. The summed E-state index contributed by atoms with van der Waals surface area (Å²) in [5, 5.41) is 0. The molecule has 0 spiro atoms. The Labute approximate surface area is 104 Å². The minimum absolute atomic E-state index is 0.151. The van der Waals surface area contributed by atoms with Gasteiger partial charge in [-0.25, -0.2) is 4.79 Å². The lowest BCUT2D eigenvalue weighted by atomic mass is 9.75. The van der Waals surface area contributed by atoms with Gasteiger partial charge in [-0.3, -0.25) is 0 Å². The van der Waals surface area contributed by atoms with Gasteiger partial charge in [0.1, 0.15) is 5.60 Å². The van der Waals surface area contributed by atoms with Crippen LogP contribution >= 0.6 is 0 Å². The number of amides is 1. The normalized spacial score (nSPS) is 22.1. The predicted molar refractivity (Wildman–Crippen MR) is 68.8 cm³/mol.